The molecule has 6 nitrogen and oxygen atoms in total. The molecule has 2 aromatic rings. The molecule has 0 spiro atoms. The largest absolute Gasteiger partial charge is 0.452 e. The van der Waals surface area contributed by atoms with E-state index >= 15 is 0 Å². The number of nitrogens with one attached hydrogen (secondary N) is 1. The second kappa shape index (κ2) is 7.15. The SMILES string of the molecule is CC(=O)c1cccc(NC(=O)COC(=O)c2cc(C)n(C3CC3)c2C)c1. The number of Topliss-reactive ketones (excluding diaryl/α,β-unsaturated/α-hetero) is 1. The number of esters is 1. The lowest BCUT2D eigenvalue weighted by Gasteiger charge is -2.09. The molecule has 1 aromatic heterocycles. The molecule has 0 bridgehead atoms. The second-order valence-electron chi connectivity index (χ2n) is 6.65. The van der Waals surface area contributed by atoms with Gasteiger partial charge in [0.15, 0.2) is 12.4 Å². The van der Waals surface area contributed by atoms with Gasteiger partial charge in [-0.2, -0.15) is 0 Å². The van der Waals surface area contributed by atoms with E-state index in [1.165, 1.54) is 6.92 Å². The van der Waals surface area contributed by atoms with Gasteiger partial charge in [0.1, 0.15) is 0 Å². The van der Waals surface area contributed by atoms with Crippen LogP contribution in [0.1, 0.15) is 57.9 Å². The quantitative estimate of drug-likeness (QED) is 0.637. The summed E-state index contributed by atoms with van der Waals surface area (Å²) in [4.78, 5) is 35.7. The van der Waals surface area contributed by atoms with Gasteiger partial charge in [-0.1, -0.05) is 12.1 Å². The van der Waals surface area contributed by atoms with Crippen LogP contribution in [0.25, 0.3) is 0 Å². The molecule has 0 saturated heterocycles. The highest BCUT2D eigenvalue weighted by Crippen LogP contribution is 2.38. The second-order valence-corrected chi connectivity index (χ2v) is 6.65. The number of rotatable bonds is 6. The summed E-state index contributed by atoms with van der Waals surface area (Å²) < 4.78 is 7.31. The Labute approximate surface area is 152 Å². The number of hydrogen-bond acceptors (Lipinski definition) is 4. The summed E-state index contributed by atoms with van der Waals surface area (Å²) in [7, 11) is 0. The zero-order valence-corrected chi connectivity index (χ0v) is 15.2. The van der Waals surface area contributed by atoms with E-state index in [2.05, 4.69) is 9.88 Å². The molecule has 0 radical (unpaired) electrons. The minimum Gasteiger partial charge on any atom is -0.452 e. The molecular weight excluding hydrogens is 332 g/mol. The van der Waals surface area contributed by atoms with E-state index in [9.17, 15) is 14.4 Å². The number of anilines is 1. The maximum atomic E-state index is 12.3. The standard InChI is InChI=1S/C20H22N2O4/c1-12-9-18(13(2)22(12)17-7-8-17)20(25)26-11-19(24)21-16-6-4-5-15(10-16)14(3)23/h4-6,9-10,17H,7-8,11H2,1-3H3,(H,21,24). The fraction of sp³-hybridized carbons (Fsp3) is 0.350. The number of hydrogen-bond donors (Lipinski definition) is 1. The van der Waals surface area contributed by atoms with Crippen LogP contribution in [0.2, 0.25) is 0 Å². The smallest absolute Gasteiger partial charge is 0.340 e. The summed E-state index contributed by atoms with van der Waals surface area (Å²) >= 11 is 0. The molecule has 6 heteroatoms. The molecule has 26 heavy (non-hydrogen) atoms. The van der Waals surface area contributed by atoms with Crippen molar-refractivity contribution in [2.24, 2.45) is 0 Å². The first-order chi connectivity index (χ1) is 12.4. The number of aromatic nitrogens is 1. The Hall–Kier alpha value is -2.89. The highest BCUT2D eigenvalue weighted by Gasteiger charge is 2.28. The van der Waals surface area contributed by atoms with Crippen LogP contribution < -0.4 is 5.32 Å². The van der Waals surface area contributed by atoms with Gasteiger partial charge in [-0.3, -0.25) is 9.59 Å². The molecule has 1 amide bonds. The number of carbonyl (C=O) groups excluding carboxylic acids is 3. The van der Waals surface area contributed by atoms with Crippen molar-refractivity contribution in [1.29, 1.82) is 0 Å². The topological polar surface area (TPSA) is 77.4 Å². The van der Waals surface area contributed by atoms with E-state index < -0.39 is 11.9 Å². The van der Waals surface area contributed by atoms with Crippen LogP contribution in [0.15, 0.2) is 30.3 Å². The van der Waals surface area contributed by atoms with Crippen LogP contribution in [-0.4, -0.2) is 28.8 Å². The molecule has 0 atom stereocenters. The minimum absolute atomic E-state index is 0.0847. The number of aryl methyl sites for hydroxylation is 1. The van der Waals surface area contributed by atoms with Gasteiger partial charge in [0, 0.05) is 28.7 Å². The third-order valence-corrected chi connectivity index (χ3v) is 4.50. The van der Waals surface area contributed by atoms with Crippen LogP contribution in [0, 0.1) is 13.8 Å². The van der Waals surface area contributed by atoms with Gasteiger partial charge >= 0.3 is 5.97 Å². The first kappa shape index (κ1) is 17.9. The van der Waals surface area contributed by atoms with Gasteiger partial charge in [-0.15, -0.1) is 0 Å². The van der Waals surface area contributed by atoms with Crippen molar-refractivity contribution in [3.8, 4) is 0 Å². The number of carbonyl (C=O) groups is 3. The fourth-order valence-corrected chi connectivity index (χ4v) is 3.10. The Morgan fingerprint density at radius 2 is 1.92 bits per heavy atom. The lowest BCUT2D eigenvalue weighted by molar-refractivity contribution is -0.119. The highest BCUT2D eigenvalue weighted by atomic mass is 16.5. The average Bonchev–Trinajstić information content (AvgIpc) is 3.38. The Balaban J connectivity index is 1.59. The molecule has 1 N–H and O–H groups in total. The van der Waals surface area contributed by atoms with Crippen LogP contribution >= 0.6 is 0 Å². The van der Waals surface area contributed by atoms with E-state index in [0.29, 0.717) is 22.9 Å². The number of ether oxygens (including phenoxy) is 1. The molecule has 0 unspecified atom stereocenters. The van der Waals surface area contributed by atoms with Gasteiger partial charge in [0.05, 0.1) is 5.56 Å². The van der Waals surface area contributed by atoms with Crippen molar-refractivity contribution < 1.29 is 19.1 Å². The summed E-state index contributed by atoms with van der Waals surface area (Å²) in [6.45, 7) is 4.95. The highest BCUT2D eigenvalue weighted by molar-refractivity contribution is 5.98. The molecule has 3 rings (SSSR count). The molecular formula is C20H22N2O4. The van der Waals surface area contributed by atoms with Crippen LogP contribution in [0.4, 0.5) is 5.69 Å². The van der Waals surface area contributed by atoms with Gasteiger partial charge in [0.25, 0.3) is 5.91 Å². The summed E-state index contributed by atoms with van der Waals surface area (Å²) in [6.07, 6.45) is 2.26. The average molecular weight is 354 g/mol. The summed E-state index contributed by atoms with van der Waals surface area (Å²) in [5.41, 5.74) is 3.41. The van der Waals surface area contributed by atoms with E-state index in [1.807, 2.05) is 19.9 Å². The van der Waals surface area contributed by atoms with E-state index in [4.69, 9.17) is 4.74 Å². The first-order valence-electron chi connectivity index (χ1n) is 8.63. The fourth-order valence-electron chi connectivity index (χ4n) is 3.10. The van der Waals surface area contributed by atoms with Crippen molar-refractivity contribution in [1.82, 2.24) is 4.57 Å². The molecule has 1 saturated carbocycles. The molecule has 1 aromatic carbocycles. The molecule has 1 fully saturated rings. The van der Waals surface area contributed by atoms with Crippen molar-refractivity contribution in [2.45, 2.75) is 39.7 Å². The lowest BCUT2D eigenvalue weighted by Crippen LogP contribution is -2.21. The summed E-state index contributed by atoms with van der Waals surface area (Å²) in [5.74, 6) is -1.04. The molecule has 1 aliphatic carbocycles. The number of benzene rings is 1. The van der Waals surface area contributed by atoms with E-state index in [-0.39, 0.29) is 12.4 Å². The van der Waals surface area contributed by atoms with Gasteiger partial charge in [-0.25, -0.2) is 4.79 Å². The van der Waals surface area contributed by atoms with Gasteiger partial charge in [0.2, 0.25) is 0 Å². The normalized spacial score (nSPS) is 13.3. The number of nitrogens with zero attached hydrogens (tertiary/aromatic N) is 1. The number of amides is 1. The Morgan fingerprint density at radius 3 is 2.58 bits per heavy atom. The Kier molecular flexibility index (Phi) is 4.93. The zero-order valence-electron chi connectivity index (χ0n) is 15.2. The maximum Gasteiger partial charge on any atom is 0.340 e. The monoisotopic (exact) mass is 354 g/mol. The van der Waals surface area contributed by atoms with Crippen molar-refractivity contribution in [2.75, 3.05) is 11.9 Å². The molecule has 136 valence electrons. The predicted octanol–water partition coefficient (Wildman–Crippen LogP) is 3.44. The predicted molar refractivity (Wildman–Crippen MR) is 97.5 cm³/mol. The van der Waals surface area contributed by atoms with Crippen molar-refractivity contribution >= 4 is 23.3 Å². The van der Waals surface area contributed by atoms with Crippen molar-refractivity contribution in [3.05, 3.63) is 52.8 Å². The van der Waals surface area contributed by atoms with Crippen LogP contribution in [-0.2, 0) is 9.53 Å². The van der Waals surface area contributed by atoms with Gasteiger partial charge < -0.3 is 14.6 Å². The third-order valence-electron chi connectivity index (χ3n) is 4.50. The molecule has 0 aliphatic heterocycles. The van der Waals surface area contributed by atoms with Gasteiger partial charge in [-0.05, 0) is 51.8 Å². The minimum atomic E-state index is -0.502. The van der Waals surface area contributed by atoms with E-state index in [1.54, 1.807) is 24.3 Å². The van der Waals surface area contributed by atoms with Crippen molar-refractivity contribution in [3.63, 3.8) is 0 Å². The molecule has 1 aliphatic rings. The molecule has 1 heterocycles. The summed E-state index contributed by atoms with van der Waals surface area (Å²) in [6, 6.07) is 8.91. The maximum absolute atomic E-state index is 12.3. The Bertz CT molecular complexity index is 878. The third kappa shape index (κ3) is 3.85. The Morgan fingerprint density at radius 1 is 1.19 bits per heavy atom. The number of ketones is 1. The first-order valence-corrected chi connectivity index (χ1v) is 8.63. The van der Waals surface area contributed by atoms with Crippen LogP contribution in [0.3, 0.4) is 0 Å². The van der Waals surface area contributed by atoms with E-state index in [0.717, 1.165) is 24.2 Å². The lowest BCUT2D eigenvalue weighted by atomic mass is 10.1. The van der Waals surface area contributed by atoms with Crippen LogP contribution in [0.5, 0.6) is 0 Å². The summed E-state index contributed by atoms with van der Waals surface area (Å²) in [5, 5.41) is 2.63. The zero-order chi connectivity index (χ0) is 18.8.